The number of phenolic OH excluding ortho intramolecular Hbond substituents is 1. The first-order valence-corrected chi connectivity index (χ1v) is 15.5. The van der Waals surface area contributed by atoms with Crippen molar-refractivity contribution in [2.45, 2.75) is 51.1 Å². The van der Waals surface area contributed by atoms with E-state index in [1.54, 1.807) is 19.1 Å². The lowest BCUT2D eigenvalue weighted by atomic mass is 9.59. The topological polar surface area (TPSA) is 104 Å². The molecule has 2 saturated heterocycles. The predicted molar refractivity (Wildman–Crippen MR) is 163 cm³/mol. The highest BCUT2D eigenvalue weighted by Crippen LogP contribution is 2.56. The standard InChI is InChI=1S/C36H36N2O6/c1-20-16-30(40)33-28(34(20)41)18-27-24(31(33)25-9-8-23(44-2)17-29(25)39)10-11-26-32(27)36(43)38(35(26)42)22-12-14-37(15-13-22)19-21-6-4-3-5-7-21/h3-10,16-17,22,26-27,31-32,39H,11-15,18-19H2,1-2H3. The smallest absolute Gasteiger partial charge is 0.233 e. The fourth-order valence-electron chi connectivity index (χ4n) is 8.19. The van der Waals surface area contributed by atoms with E-state index in [0.717, 1.165) is 38.0 Å². The van der Waals surface area contributed by atoms with Gasteiger partial charge < -0.3 is 9.84 Å². The number of Topliss-reactive ketones (excluding diaryl/α,β-unsaturated/α-hetero) is 1. The van der Waals surface area contributed by atoms with Crippen molar-refractivity contribution < 1.29 is 29.0 Å². The molecule has 5 aliphatic rings. The number of rotatable bonds is 5. The number of fused-ring (bicyclic) bond motifs is 3. The van der Waals surface area contributed by atoms with Gasteiger partial charge in [0.15, 0.2) is 11.6 Å². The number of piperidine rings is 1. The minimum atomic E-state index is -0.686. The third kappa shape index (κ3) is 4.54. The second kappa shape index (κ2) is 11.0. The van der Waals surface area contributed by atoms with Gasteiger partial charge in [-0.2, -0.15) is 0 Å². The van der Waals surface area contributed by atoms with Crippen LogP contribution in [-0.4, -0.2) is 64.5 Å². The average molecular weight is 593 g/mol. The Morgan fingerprint density at radius 1 is 0.955 bits per heavy atom. The van der Waals surface area contributed by atoms with Crippen molar-refractivity contribution in [3.05, 3.63) is 94.1 Å². The molecule has 2 heterocycles. The van der Waals surface area contributed by atoms with Crippen LogP contribution in [-0.2, 0) is 25.7 Å². The molecule has 2 fully saturated rings. The van der Waals surface area contributed by atoms with Gasteiger partial charge in [-0.3, -0.25) is 29.0 Å². The number of imide groups is 1. The van der Waals surface area contributed by atoms with Gasteiger partial charge in [-0.25, -0.2) is 0 Å². The number of phenols is 1. The summed E-state index contributed by atoms with van der Waals surface area (Å²) in [5.74, 6) is -2.52. The lowest BCUT2D eigenvalue weighted by Gasteiger charge is -2.42. The maximum Gasteiger partial charge on any atom is 0.233 e. The molecular weight excluding hydrogens is 556 g/mol. The van der Waals surface area contributed by atoms with Gasteiger partial charge in [0.1, 0.15) is 11.5 Å². The first-order valence-electron chi connectivity index (χ1n) is 15.5. The van der Waals surface area contributed by atoms with Crippen molar-refractivity contribution in [1.82, 2.24) is 9.80 Å². The fourth-order valence-corrected chi connectivity index (χ4v) is 8.19. The summed E-state index contributed by atoms with van der Waals surface area (Å²) in [5.41, 5.74) is 3.69. The molecule has 0 spiro atoms. The minimum Gasteiger partial charge on any atom is -0.507 e. The molecule has 2 aromatic rings. The van der Waals surface area contributed by atoms with Crippen LogP contribution >= 0.6 is 0 Å². The molecule has 1 N–H and O–H groups in total. The number of amides is 2. The second-order valence-electron chi connectivity index (χ2n) is 12.7. The molecule has 3 aliphatic carbocycles. The zero-order valence-corrected chi connectivity index (χ0v) is 25.0. The molecule has 8 heteroatoms. The summed E-state index contributed by atoms with van der Waals surface area (Å²) in [6.07, 6.45) is 5.43. The van der Waals surface area contributed by atoms with Crippen LogP contribution < -0.4 is 4.74 Å². The van der Waals surface area contributed by atoms with Crippen molar-refractivity contribution >= 4 is 23.4 Å². The number of ketones is 2. The summed E-state index contributed by atoms with van der Waals surface area (Å²) >= 11 is 0. The molecule has 0 bridgehead atoms. The zero-order valence-electron chi connectivity index (χ0n) is 25.0. The van der Waals surface area contributed by atoms with Gasteiger partial charge in [0.25, 0.3) is 0 Å². The summed E-state index contributed by atoms with van der Waals surface area (Å²) < 4.78 is 5.28. The van der Waals surface area contributed by atoms with E-state index in [1.807, 2.05) is 24.3 Å². The molecular formula is C36H36N2O6. The molecule has 8 nitrogen and oxygen atoms in total. The summed E-state index contributed by atoms with van der Waals surface area (Å²) in [5, 5.41) is 11.1. The molecule has 0 aromatic heterocycles. The SMILES string of the molecule is COc1ccc(C2C3=CCC4C(=O)N(C5CCN(Cc6ccccc6)CC5)C(=O)C4C3CC3=C2C(=O)C=C(C)C3=O)c(O)c1. The maximum atomic E-state index is 14.3. The van der Waals surface area contributed by atoms with Gasteiger partial charge in [-0.05, 0) is 56.2 Å². The molecule has 2 aliphatic heterocycles. The van der Waals surface area contributed by atoms with E-state index in [-0.39, 0.29) is 41.6 Å². The van der Waals surface area contributed by atoms with E-state index < -0.39 is 23.7 Å². The van der Waals surface area contributed by atoms with Crippen molar-refractivity contribution in [3.8, 4) is 11.5 Å². The number of carbonyl (C=O) groups is 4. The Bertz CT molecular complexity index is 1660. The van der Waals surface area contributed by atoms with Crippen molar-refractivity contribution in [3.63, 3.8) is 0 Å². The Kier molecular flexibility index (Phi) is 7.12. The number of aromatic hydroxyl groups is 1. The number of hydrogen-bond donors (Lipinski definition) is 1. The highest BCUT2D eigenvalue weighted by molar-refractivity contribution is 6.23. The Morgan fingerprint density at radius 3 is 2.41 bits per heavy atom. The normalized spacial score (nSPS) is 27.5. The number of methoxy groups -OCH3 is 1. The molecule has 2 amide bonds. The highest BCUT2D eigenvalue weighted by Gasteiger charge is 2.57. The van der Waals surface area contributed by atoms with Crippen molar-refractivity contribution in [1.29, 1.82) is 0 Å². The van der Waals surface area contributed by atoms with E-state index in [4.69, 9.17) is 4.74 Å². The molecule has 0 radical (unpaired) electrons. The Balaban J connectivity index is 1.19. The van der Waals surface area contributed by atoms with E-state index in [2.05, 4.69) is 17.0 Å². The molecule has 2 aromatic carbocycles. The summed E-state index contributed by atoms with van der Waals surface area (Å²) in [7, 11) is 1.51. The van der Waals surface area contributed by atoms with E-state index in [0.29, 0.717) is 34.5 Å². The van der Waals surface area contributed by atoms with Crippen molar-refractivity contribution in [2.75, 3.05) is 20.2 Å². The molecule has 4 unspecified atom stereocenters. The molecule has 226 valence electrons. The maximum absolute atomic E-state index is 14.3. The Morgan fingerprint density at radius 2 is 1.70 bits per heavy atom. The zero-order chi connectivity index (χ0) is 30.7. The van der Waals surface area contributed by atoms with Crippen LogP contribution in [0.2, 0.25) is 0 Å². The number of likely N-dealkylation sites (tertiary alicyclic amines) is 2. The van der Waals surface area contributed by atoms with Crippen LogP contribution in [0.1, 0.15) is 49.7 Å². The van der Waals surface area contributed by atoms with Crippen LogP contribution in [0.5, 0.6) is 11.5 Å². The third-order valence-electron chi connectivity index (χ3n) is 10.3. The van der Waals surface area contributed by atoms with Crippen LogP contribution in [0.15, 0.2) is 83.0 Å². The Hall–Kier alpha value is -4.30. The number of carbonyl (C=O) groups excluding carboxylic acids is 4. The van der Waals surface area contributed by atoms with E-state index in [9.17, 15) is 24.3 Å². The summed E-state index contributed by atoms with van der Waals surface area (Å²) in [4.78, 5) is 59.0. The first-order chi connectivity index (χ1) is 21.3. The van der Waals surface area contributed by atoms with Gasteiger partial charge >= 0.3 is 0 Å². The molecule has 4 atom stereocenters. The van der Waals surface area contributed by atoms with Gasteiger partial charge in [-0.1, -0.05) is 48.0 Å². The van der Waals surface area contributed by atoms with Gasteiger partial charge in [0.05, 0.1) is 18.9 Å². The predicted octanol–water partition coefficient (Wildman–Crippen LogP) is 4.49. The van der Waals surface area contributed by atoms with Gasteiger partial charge in [-0.15, -0.1) is 0 Å². The van der Waals surface area contributed by atoms with Gasteiger partial charge in [0, 0.05) is 59.9 Å². The van der Waals surface area contributed by atoms with Crippen LogP contribution in [0.25, 0.3) is 0 Å². The molecule has 44 heavy (non-hydrogen) atoms. The van der Waals surface area contributed by atoms with Gasteiger partial charge in [0.2, 0.25) is 11.8 Å². The number of nitrogens with zero attached hydrogens (tertiary/aromatic N) is 2. The minimum absolute atomic E-state index is 0.0471. The number of hydrogen-bond acceptors (Lipinski definition) is 7. The second-order valence-corrected chi connectivity index (χ2v) is 12.7. The largest absolute Gasteiger partial charge is 0.507 e. The highest BCUT2D eigenvalue weighted by atomic mass is 16.5. The molecule has 0 saturated carbocycles. The Labute approximate surface area is 256 Å². The lowest BCUT2D eigenvalue weighted by molar-refractivity contribution is -0.144. The van der Waals surface area contributed by atoms with Crippen LogP contribution in [0.4, 0.5) is 0 Å². The quantitative estimate of drug-likeness (QED) is 0.310. The fraction of sp³-hybridized carbons (Fsp3) is 0.389. The van der Waals surface area contributed by atoms with Crippen molar-refractivity contribution in [2.24, 2.45) is 17.8 Å². The first kappa shape index (κ1) is 28.5. The monoisotopic (exact) mass is 592 g/mol. The average Bonchev–Trinajstić information content (AvgIpc) is 3.29. The molecule has 7 rings (SSSR count). The number of ether oxygens (including phenoxy) is 1. The van der Waals surface area contributed by atoms with E-state index in [1.165, 1.54) is 29.7 Å². The summed E-state index contributed by atoms with van der Waals surface area (Å²) in [6.45, 7) is 4.08. The number of benzene rings is 2. The third-order valence-corrected chi connectivity index (χ3v) is 10.3. The van der Waals surface area contributed by atoms with Crippen LogP contribution in [0, 0.1) is 17.8 Å². The van der Waals surface area contributed by atoms with Crippen LogP contribution in [0.3, 0.4) is 0 Å². The lowest BCUT2D eigenvalue weighted by Crippen LogP contribution is -2.47. The summed E-state index contributed by atoms with van der Waals surface area (Å²) in [6, 6.07) is 15.1. The van der Waals surface area contributed by atoms with E-state index >= 15 is 0 Å². The number of allylic oxidation sites excluding steroid dienone is 6.